The Balaban J connectivity index is 1.68. The zero-order valence-electron chi connectivity index (χ0n) is 18.7. The number of ether oxygens (including phenoxy) is 1. The van der Waals surface area contributed by atoms with Crippen LogP contribution < -0.4 is 10.1 Å². The monoisotopic (exact) mass is 470 g/mol. The fraction of sp³-hybridized carbons (Fsp3) is 0.292. The van der Waals surface area contributed by atoms with Gasteiger partial charge in [0.1, 0.15) is 5.75 Å². The van der Waals surface area contributed by atoms with Crippen molar-refractivity contribution in [3.8, 4) is 5.75 Å². The number of carbonyl (C=O) groups is 1. The van der Waals surface area contributed by atoms with Crippen molar-refractivity contribution in [1.82, 2.24) is 14.8 Å². The third kappa shape index (κ3) is 5.93. The van der Waals surface area contributed by atoms with E-state index in [9.17, 15) is 4.79 Å². The van der Waals surface area contributed by atoms with Crippen LogP contribution in [0.1, 0.15) is 35.5 Å². The predicted octanol–water partition coefficient (Wildman–Crippen LogP) is 5.91. The van der Waals surface area contributed by atoms with Crippen molar-refractivity contribution < 1.29 is 9.53 Å². The molecule has 2 aromatic carbocycles. The number of aryl methyl sites for hydroxylation is 3. The van der Waals surface area contributed by atoms with Gasteiger partial charge in [-0.2, -0.15) is 0 Å². The van der Waals surface area contributed by atoms with E-state index in [1.54, 1.807) is 12.1 Å². The summed E-state index contributed by atoms with van der Waals surface area (Å²) in [5.74, 6) is 1.51. The minimum Gasteiger partial charge on any atom is -0.482 e. The second-order valence-corrected chi connectivity index (χ2v) is 8.92. The molecule has 1 unspecified atom stereocenters. The highest BCUT2D eigenvalue weighted by Crippen LogP contribution is 2.28. The van der Waals surface area contributed by atoms with Crippen molar-refractivity contribution in [2.75, 3.05) is 11.1 Å². The van der Waals surface area contributed by atoms with E-state index in [4.69, 9.17) is 16.3 Å². The van der Waals surface area contributed by atoms with Gasteiger partial charge in [0.25, 0.3) is 0 Å². The van der Waals surface area contributed by atoms with Gasteiger partial charge in [-0.1, -0.05) is 35.5 Å². The SMILES string of the molecule is C=CCn1c(SCC(=O)Nc2ccc(C)c(C)c2)nnc1C(C)Oc1ccc(Cl)cc1C. The number of nitrogens with zero attached hydrogens (tertiary/aromatic N) is 3. The molecule has 8 heteroatoms. The van der Waals surface area contributed by atoms with Crippen LogP contribution in [-0.4, -0.2) is 26.4 Å². The van der Waals surface area contributed by atoms with E-state index >= 15 is 0 Å². The Morgan fingerprint density at radius 3 is 2.66 bits per heavy atom. The normalized spacial score (nSPS) is 11.8. The van der Waals surface area contributed by atoms with Gasteiger partial charge in [-0.15, -0.1) is 16.8 Å². The van der Waals surface area contributed by atoms with E-state index in [1.165, 1.54) is 17.3 Å². The van der Waals surface area contributed by atoms with Gasteiger partial charge in [-0.05, 0) is 74.7 Å². The molecule has 168 valence electrons. The van der Waals surface area contributed by atoms with Crippen LogP contribution in [0.5, 0.6) is 5.75 Å². The molecule has 0 radical (unpaired) electrons. The lowest BCUT2D eigenvalue weighted by Gasteiger charge is -2.17. The number of benzene rings is 2. The Morgan fingerprint density at radius 1 is 1.19 bits per heavy atom. The van der Waals surface area contributed by atoms with Gasteiger partial charge in [-0.3, -0.25) is 9.36 Å². The van der Waals surface area contributed by atoms with Gasteiger partial charge >= 0.3 is 0 Å². The number of halogens is 1. The molecule has 1 N–H and O–H groups in total. The molecule has 32 heavy (non-hydrogen) atoms. The predicted molar refractivity (Wildman–Crippen MR) is 131 cm³/mol. The molecule has 0 aliphatic heterocycles. The summed E-state index contributed by atoms with van der Waals surface area (Å²) in [7, 11) is 0. The van der Waals surface area contributed by atoms with Gasteiger partial charge in [0.15, 0.2) is 17.1 Å². The third-order valence-corrected chi connectivity index (χ3v) is 6.19. The maximum absolute atomic E-state index is 12.5. The number of anilines is 1. The smallest absolute Gasteiger partial charge is 0.234 e. The lowest BCUT2D eigenvalue weighted by atomic mass is 10.1. The topological polar surface area (TPSA) is 69.0 Å². The highest BCUT2D eigenvalue weighted by atomic mass is 35.5. The number of hydrogen-bond donors (Lipinski definition) is 1. The Bertz CT molecular complexity index is 1130. The highest BCUT2D eigenvalue weighted by Gasteiger charge is 2.20. The van der Waals surface area contributed by atoms with Crippen molar-refractivity contribution in [1.29, 1.82) is 0 Å². The second-order valence-electron chi connectivity index (χ2n) is 7.55. The van der Waals surface area contributed by atoms with E-state index in [-0.39, 0.29) is 17.8 Å². The lowest BCUT2D eigenvalue weighted by Crippen LogP contribution is -2.15. The molecule has 1 aromatic heterocycles. The first-order valence-corrected chi connectivity index (χ1v) is 11.6. The zero-order chi connectivity index (χ0) is 23.3. The Hall–Kier alpha value is -2.77. The second kappa shape index (κ2) is 10.7. The summed E-state index contributed by atoms with van der Waals surface area (Å²) in [6, 6.07) is 11.4. The number of carbonyl (C=O) groups excluding carboxylic acids is 1. The van der Waals surface area contributed by atoms with Crippen LogP contribution >= 0.6 is 23.4 Å². The maximum atomic E-state index is 12.5. The zero-order valence-corrected chi connectivity index (χ0v) is 20.3. The number of allylic oxidation sites excluding steroid dienone is 1. The molecule has 0 fully saturated rings. The van der Waals surface area contributed by atoms with E-state index < -0.39 is 0 Å². The Morgan fingerprint density at radius 2 is 1.97 bits per heavy atom. The third-order valence-electron chi connectivity index (χ3n) is 4.98. The van der Waals surface area contributed by atoms with Crippen LogP contribution in [0.4, 0.5) is 5.69 Å². The Kier molecular flexibility index (Phi) is 7.99. The van der Waals surface area contributed by atoms with E-state index in [0.717, 1.165) is 22.6 Å². The summed E-state index contributed by atoms with van der Waals surface area (Å²) < 4.78 is 8.02. The van der Waals surface area contributed by atoms with Crippen LogP contribution in [0, 0.1) is 20.8 Å². The van der Waals surface area contributed by atoms with Crippen LogP contribution in [0.15, 0.2) is 54.2 Å². The maximum Gasteiger partial charge on any atom is 0.234 e. The van der Waals surface area contributed by atoms with Crippen molar-refractivity contribution in [3.05, 3.63) is 76.6 Å². The molecule has 0 saturated heterocycles. The average Bonchev–Trinajstić information content (AvgIpc) is 3.14. The van der Waals surface area contributed by atoms with Gasteiger partial charge in [-0.25, -0.2) is 0 Å². The minimum atomic E-state index is -0.346. The van der Waals surface area contributed by atoms with Crippen molar-refractivity contribution in [2.45, 2.75) is 45.5 Å². The molecule has 1 heterocycles. The number of nitrogens with one attached hydrogen (secondary N) is 1. The summed E-state index contributed by atoms with van der Waals surface area (Å²) in [6.45, 7) is 12.3. The average molecular weight is 471 g/mol. The van der Waals surface area contributed by atoms with E-state index in [0.29, 0.717) is 22.5 Å². The van der Waals surface area contributed by atoms with Crippen LogP contribution in [0.25, 0.3) is 0 Å². The van der Waals surface area contributed by atoms with Gasteiger partial charge in [0, 0.05) is 17.3 Å². The molecule has 3 aromatic rings. The molecule has 0 bridgehead atoms. The molecular weight excluding hydrogens is 444 g/mol. The van der Waals surface area contributed by atoms with Crippen molar-refractivity contribution in [2.24, 2.45) is 0 Å². The van der Waals surface area contributed by atoms with Crippen LogP contribution in [0.3, 0.4) is 0 Å². The molecule has 0 spiro atoms. The quantitative estimate of drug-likeness (QED) is 0.311. The molecule has 0 aliphatic carbocycles. The molecule has 1 atom stereocenters. The van der Waals surface area contributed by atoms with Crippen LogP contribution in [0.2, 0.25) is 5.02 Å². The number of rotatable bonds is 9. The van der Waals surface area contributed by atoms with Gasteiger partial charge in [0.05, 0.1) is 5.75 Å². The molecule has 0 saturated carbocycles. The summed E-state index contributed by atoms with van der Waals surface area (Å²) in [5, 5.41) is 12.8. The van der Waals surface area contributed by atoms with Crippen LogP contribution in [-0.2, 0) is 11.3 Å². The summed E-state index contributed by atoms with van der Waals surface area (Å²) in [6.07, 6.45) is 1.42. The summed E-state index contributed by atoms with van der Waals surface area (Å²) >= 11 is 7.37. The first-order valence-electron chi connectivity index (χ1n) is 10.2. The minimum absolute atomic E-state index is 0.103. The van der Waals surface area contributed by atoms with Gasteiger partial charge in [0.2, 0.25) is 5.91 Å². The fourth-order valence-corrected chi connectivity index (χ4v) is 4.12. The number of aromatic nitrogens is 3. The van der Waals surface area contributed by atoms with Crippen molar-refractivity contribution in [3.63, 3.8) is 0 Å². The molecule has 0 aliphatic rings. The molecule has 1 amide bonds. The largest absolute Gasteiger partial charge is 0.482 e. The molecule has 3 rings (SSSR count). The lowest BCUT2D eigenvalue weighted by molar-refractivity contribution is -0.113. The number of thioether (sulfide) groups is 1. The molecule has 6 nitrogen and oxygen atoms in total. The number of hydrogen-bond acceptors (Lipinski definition) is 5. The summed E-state index contributed by atoms with van der Waals surface area (Å²) in [4.78, 5) is 12.5. The first-order chi connectivity index (χ1) is 15.3. The highest BCUT2D eigenvalue weighted by molar-refractivity contribution is 7.99. The summed E-state index contributed by atoms with van der Waals surface area (Å²) in [5.41, 5.74) is 4.05. The van der Waals surface area contributed by atoms with Gasteiger partial charge < -0.3 is 10.1 Å². The van der Waals surface area contributed by atoms with Crippen molar-refractivity contribution >= 4 is 35.0 Å². The first kappa shape index (κ1) is 23.9. The fourth-order valence-electron chi connectivity index (χ4n) is 3.14. The standard InChI is InChI=1S/C24H27ClN4O2S/c1-6-11-29-23(18(5)31-21-10-8-19(25)12-17(21)4)27-28-24(29)32-14-22(30)26-20-9-7-15(2)16(3)13-20/h6-10,12-13,18H,1,11,14H2,2-5H3,(H,26,30). The Labute approximate surface area is 198 Å². The van der Waals surface area contributed by atoms with E-state index in [2.05, 4.69) is 22.1 Å². The van der Waals surface area contributed by atoms with E-state index in [1.807, 2.05) is 62.6 Å². The number of amides is 1. The molecular formula is C24H27ClN4O2S.